The monoisotopic (exact) mass is 243 g/mol. The van der Waals surface area contributed by atoms with E-state index in [9.17, 15) is 9.90 Å². The summed E-state index contributed by atoms with van der Waals surface area (Å²) in [6, 6.07) is 0. The zero-order chi connectivity index (χ0) is 13.1. The fourth-order valence-corrected chi connectivity index (χ4v) is 2.49. The lowest BCUT2D eigenvalue weighted by Crippen LogP contribution is -2.47. The fourth-order valence-electron chi connectivity index (χ4n) is 2.49. The Morgan fingerprint density at radius 2 is 1.65 bits per heavy atom. The highest BCUT2D eigenvalue weighted by Crippen LogP contribution is 2.30. The quantitative estimate of drug-likeness (QED) is 0.801. The van der Waals surface area contributed by atoms with Gasteiger partial charge in [-0.25, -0.2) is 4.79 Å². The summed E-state index contributed by atoms with van der Waals surface area (Å²) in [5.74, 6) is 0.882. The predicted molar refractivity (Wildman–Crippen MR) is 67.0 cm³/mol. The van der Waals surface area contributed by atoms with Crippen molar-refractivity contribution in [2.45, 2.75) is 52.0 Å². The summed E-state index contributed by atoms with van der Waals surface area (Å²) in [6.07, 6.45) is 3.29. The molecular formula is C13H25NO3. The van der Waals surface area contributed by atoms with E-state index in [0.717, 1.165) is 25.7 Å². The van der Waals surface area contributed by atoms with E-state index in [1.54, 1.807) is 0 Å². The van der Waals surface area contributed by atoms with E-state index < -0.39 is 6.09 Å². The summed E-state index contributed by atoms with van der Waals surface area (Å²) < 4.78 is 0. The first-order valence-electron chi connectivity index (χ1n) is 6.46. The number of carboxylic acid groups (broad SMARTS) is 1. The number of aliphatic hydroxyl groups excluding tert-OH is 1. The van der Waals surface area contributed by atoms with Gasteiger partial charge in [-0.2, -0.15) is 0 Å². The molecule has 4 nitrogen and oxygen atoms in total. The number of nitrogens with zero attached hydrogens (tertiary/aromatic N) is 1. The van der Waals surface area contributed by atoms with Gasteiger partial charge in [0.15, 0.2) is 0 Å². The molecule has 0 spiro atoms. The van der Waals surface area contributed by atoms with Crippen LogP contribution in [0.15, 0.2) is 0 Å². The Morgan fingerprint density at radius 1 is 1.18 bits per heavy atom. The molecule has 0 aliphatic heterocycles. The van der Waals surface area contributed by atoms with Crippen LogP contribution in [0.2, 0.25) is 0 Å². The number of aliphatic hydroxyl groups is 1. The number of hydrogen-bond acceptors (Lipinski definition) is 2. The molecule has 0 heterocycles. The van der Waals surface area contributed by atoms with Crippen LogP contribution in [0.5, 0.6) is 0 Å². The third kappa shape index (κ3) is 4.19. The van der Waals surface area contributed by atoms with Crippen molar-refractivity contribution in [2.75, 3.05) is 13.2 Å². The van der Waals surface area contributed by atoms with Gasteiger partial charge in [0, 0.05) is 18.7 Å². The fraction of sp³-hybridized carbons (Fsp3) is 0.923. The summed E-state index contributed by atoms with van der Waals surface area (Å²) in [6.45, 7) is 6.69. The van der Waals surface area contributed by atoms with Crippen molar-refractivity contribution in [3.63, 3.8) is 0 Å². The number of rotatable bonds is 3. The van der Waals surface area contributed by atoms with E-state index in [1.807, 2.05) is 20.8 Å². The molecule has 0 aromatic carbocycles. The van der Waals surface area contributed by atoms with Crippen LogP contribution < -0.4 is 0 Å². The van der Waals surface area contributed by atoms with Crippen LogP contribution in [-0.4, -0.2) is 39.9 Å². The molecule has 1 aliphatic carbocycles. The molecule has 1 fully saturated rings. The normalized spacial score (nSPS) is 25.6. The van der Waals surface area contributed by atoms with Gasteiger partial charge in [0.05, 0.1) is 0 Å². The summed E-state index contributed by atoms with van der Waals surface area (Å²) >= 11 is 0. The van der Waals surface area contributed by atoms with Gasteiger partial charge in [0.1, 0.15) is 0 Å². The van der Waals surface area contributed by atoms with Crippen molar-refractivity contribution >= 4 is 6.09 Å². The van der Waals surface area contributed by atoms with Gasteiger partial charge in [-0.1, -0.05) is 0 Å². The molecule has 1 amide bonds. The smallest absolute Gasteiger partial charge is 0.407 e. The maximum atomic E-state index is 11.2. The first kappa shape index (κ1) is 14.3. The first-order valence-corrected chi connectivity index (χ1v) is 6.46. The Kier molecular flexibility index (Phi) is 4.80. The SMILES string of the molecule is CC(C)(C)N(CC1CCC(CO)CC1)C(=O)O. The minimum Gasteiger partial charge on any atom is -0.465 e. The van der Waals surface area contributed by atoms with Gasteiger partial charge in [-0.3, -0.25) is 0 Å². The minimum absolute atomic E-state index is 0.272. The molecule has 0 aromatic rings. The van der Waals surface area contributed by atoms with Gasteiger partial charge in [0.25, 0.3) is 0 Å². The lowest BCUT2D eigenvalue weighted by atomic mass is 9.82. The second-order valence-corrected chi connectivity index (χ2v) is 6.13. The molecule has 100 valence electrons. The lowest BCUT2D eigenvalue weighted by molar-refractivity contribution is 0.0755. The lowest BCUT2D eigenvalue weighted by Gasteiger charge is -2.37. The molecule has 17 heavy (non-hydrogen) atoms. The van der Waals surface area contributed by atoms with Crippen molar-refractivity contribution in [3.8, 4) is 0 Å². The second-order valence-electron chi connectivity index (χ2n) is 6.13. The van der Waals surface area contributed by atoms with Crippen LogP contribution in [0, 0.1) is 11.8 Å². The maximum Gasteiger partial charge on any atom is 0.407 e. The third-order valence-electron chi connectivity index (χ3n) is 3.71. The van der Waals surface area contributed by atoms with Gasteiger partial charge in [-0.05, 0) is 58.3 Å². The molecule has 0 bridgehead atoms. The predicted octanol–water partition coefficient (Wildman–Crippen LogP) is 2.56. The number of amides is 1. The van der Waals surface area contributed by atoms with E-state index in [0.29, 0.717) is 18.4 Å². The summed E-state index contributed by atoms with van der Waals surface area (Å²) in [7, 11) is 0. The van der Waals surface area contributed by atoms with Crippen LogP contribution in [-0.2, 0) is 0 Å². The molecule has 1 saturated carbocycles. The summed E-state index contributed by atoms with van der Waals surface area (Å²) in [5, 5.41) is 18.3. The Bertz CT molecular complexity index is 252. The molecule has 2 N–H and O–H groups in total. The topological polar surface area (TPSA) is 60.8 Å². The summed E-state index contributed by atoms with van der Waals surface area (Å²) in [5.41, 5.74) is -0.334. The zero-order valence-electron chi connectivity index (χ0n) is 11.1. The standard InChI is InChI=1S/C13H25NO3/c1-13(2,3)14(12(16)17)8-10-4-6-11(9-15)7-5-10/h10-11,15H,4-9H2,1-3H3,(H,16,17). The largest absolute Gasteiger partial charge is 0.465 e. The van der Waals surface area contributed by atoms with Gasteiger partial charge >= 0.3 is 6.09 Å². The molecule has 0 atom stereocenters. The van der Waals surface area contributed by atoms with Crippen molar-refractivity contribution in [1.82, 2.24) is 4.90 Å². The minimum atomic E-state index is -0.832. The van der Waals surface area contributed by atoms with Crippen LogP contribution in [0.25, 0.3) is 0 Å². The average molecular weight is 243 g/mol. The Balaban J connectivity index is 2.50. The van der Waals surface area contributed by atoms with Gasteiger partial charge in [-0.15, -0.1) is 0 Å². The van der Waals surface area contributed by atoms with Crippen molar-refractivity contribution in [1.29, 1.82) is 0 Å². The van der Waals surface area contributed by atoms with E-state index >= 15 is 0 Å². The van der Waals surface area contributed by atoms with Crippen LogP contribution in [0.4, 0.5) is 4.79 Å². The molecule has 0 saturated heterocycles. The molecule has 0 unspecified atom stereocenters. The van der Waals surface area contributed by atoms with E-state index in [1.165, 1.54) is 4.90 Å². The van der Waals surface area contributed by atoms with Gasteiger partial charge in [0.2, 0.25) is 0 Å². The maximum absolute atomic E-state index is 11.2. The highest BCUT2D eigenvalue weighted by molar-refractivity contribution is 5.66. The molecule has 1 aliphatic rings. The third-order valence-corrected chi connectivity index (χ3v) is 3.71. The Morgan fingerprint density at radius 3 is 2.00 bits per heavy atom. The zero-order valence-corrected chi connectivity index (χ0v) is 11.1. The van der Waals surface area contributed by atoms with Gasteiger partial charge < -0.3 is 15.1 Å². The average Bonchev–Trinajstić information content (AvgIpc) is 2.24. The second kappa shape index (κ2) is 5.71. The Hall–Kier alpha value is -0.770. The van der Waals surface area contributed by atoms with E-state index in [-0.39, 0.29) is 12.1 Å². The van der Waals surface area contributed by atoms with Crippen molar-refractivity contribution in [2.24, 2.45) is 11.8 Å². The molecule has 4 heteroatoms. The number of hydrogen-bond donors (Lipinski definition) is 2. The number of carbonyl (C=O) groups is 1. The van der Waals surface area contributed by atoms with Crippen LogP contribution in [0.1, 0.15) is 46.5 Å². The van der Waals surface area contributed by atoms with Crippen molar-refractivity contribution in [3.05, 3.63) is 0 Å². The van der Waals surface area contributed by atoms with E-state index in [2.05, 4.69) is 0 Å². The first-order chi connectivity index (χ1) is 7.84. The molecular weight excluding hydrogens is 218 g/mol. The Labute approximate surface area is 104 Å². The summed E-state index contributed by atoms with van der Waals surface area (Å²) in [4.78, 5) is 12.8. The highest BCUT2D eigenvalue weighted by atomic mass is 16.4. The molecule has 0 aromatic heterocycles. The van der Waals surface area contributed by atoms with Crippen LogP contribution in [0.3, 0.4) is 0 Å². The van der Waals surface area contributed by atoms with Crippen molar-refractivity contribution < 1.29 is 15.0 Å². The van der Waals surface area contributed by atoms with E-state index in [4.69, 9.17) is 5.11 Å². The molecule has 1 rings (SSSR count). The highest BCUT2D eigenvalue weighted by Gasteiger charge is 2.30. The molecule has 0 radical (unpaired) electrons. The van der Waals surface area contributed by atoms with Crippen LogP contribution >= 0.6 is 0 Å².